The van der Waals surface area contributed by atoms with Crippen molar-refractivity contribution in [2.24, 2.45) is 51.7 Å². The fourth-order valence-corrected chi connectivity index (χ4v) is 12.3. The van der Waals surface area contributed by atoms with E-state index in [1.54, 1.807) is 44.9 Å². The van der Waals surface area contributed by atoms with Crippen molar-refractivity contribution < 1.29 is 114 Å². The summed E-state index contributed by atoms with van der Waals surface area (Å²) in [6.07, 6.45) is -11.6. The van der Waals surface area contributed by atoms with Gasteiger partial charge in [0.25, 0.3) is 11.7 Å². The standard InChI is InChI=1S/C43H58N4O12.C18H36N4O11/c1-21-12-11-13-22(2)42(55)45-33-28(20-44-47-17-15-46(9)16-18-47)37(52)30-31(38(33)53)36(51)26(6)40-32(30)41(54)43(8,59-40)57-19-14-29(56-10)23(3)39(58-27(7)48)25(5)35(50)24(4)34(21)49;19-2-6-10(25)12(27)13(28)18(30-6)33-16-5(21)1-4(20)15(14(16)29)32-17-11(26)8(22)9(24)7(3-23)31-17/h11-14,19-21,23-25,29,34-35,39,49-53H,15-18H2,1-10H3,(H,45,55);4-18,23-29H,1-3,19-22H2/b12-11+,19-14+,22-13-,44-20-;/t21-,23+,24+,25+,29-,34-,35+,39+,43-;4-,5+,6-,7-,8+,9-,10-,11-,12+,13-,14-,15+,16-,17-,18-/m01/s1. The number of rotatable bonds is 10. The minimum absolute atomic E-state index is 0.0559. The number of nitrogens with two attached hydrogens (primary N) is 4. The maximum absolute atomic E-state index is 14.4. The Hall–Kier alpha value is -5.76. The van der Waals surface area contributed by atoms with Gasteiger partial charge in [0.15, 0.2) is 18.3 Å². The van der Waals surface area contributed by atoms with Crippen LogP contribution in [0.25, 0.3) is 10.8 Å². The zero-order valence-electron chi connectivity index (χ0n) is 53.2. The van der Waals surface area contributed by atoms with Crippen LogP contribution in [0.3, 0.4) is 0 Å². The number of allylic oxidation sites excluding steroid dienone is 2. The Balaban J connectivity index is 0.000000307. The van der Waals surface area contributed by atoms with Crippen molar-refractivity contribution in [2.75, 3.05) is 58.8 Å². The number of phenolic OH excluding ortho intramolecular Hbond substituents is 3. The first-order valence-corrected chi connectivity index (χ1v) is 30.6. The predicted molar refractivity (Wildman–Crippen MR) is 328 cm³/mol. The lowest BCUT2D eigenvalue weighted by molar-refractivity contribution is -0.332. The number of methoxy groups -OCH3 is 1. The van der Waals surface area contributed by atoms with Crippen LogP contribution in [0.1, 0.15) is 76.4 Å². The van der Waals surface area contributed by atoms with Crippen molar-refractivity contribution in [3.8, 4) is 23.0 Å². The van der Waals surface area contributed by atoms with Crippen LogP contribution in [0.2, 0.25) is 0 Å². The van der Waals surface area contributed by atoms with Crippen molar-refractivity contribution >= 4 is 40.3 Å². The Morgan fingerprint density at radius 1 is 0.761 bits per heavy atom. The number of fused-ring (bicyclic) bond motifs is 14. The fourth-order valence-electron chi connectivity index (χ4n) is 12.3. The van der Waals surface area contributed by atoms with Crippen LogP contribution in [0.15, 0.2) is 41.2 Å². The average molecular weight is 1310 g/mol. The van der Waals surface area contributed by atoms with Crippen LogP contribution in [0.4, 0.5) is 5.69 Å². The highest BCUT2D eigenvalue weighted by molar-refractivity contribution is 6.24. The molecule has 24 atom stereocenters. The minimum Gasteiger partial charge on any atom is -0.507 e. The van der Waals surface area contributed by atoms with Gasteiger partial charge < -0.3 is 132 Å². The van der Waals surface area contributed by atoms with E-state index in [0.717, 1.165) is 13.1 Å². The number of ether oxygens (including phenoxy) is 8. The second kappa shape index (κ2) is 30.8. The number of ketones is 1. The van der Waals surface area contributed by atoms with E-state index in [4.69, 9.17) is 60.8 Å². The maximum Gasteiger partial charge on any atom is 0.312 e. The molecule has 21 N–H and O–H groups in total. The fraction of sp³-hybridized carbons (Fsp3) is 0.672. The number of esters is 1. The van der Waals surface area contributed by atoms with Crippen molar-refractivity contribution in [1.29, 1.82) is 0 Å². The van der Waals surface area contributed by atoms with Gasteiger partial charge in [-0.2, -0.15) is 5.10 Å². The number of aliphatic hydroxyl groups is 9. The van der Waals surface area contributed by atoms with Crippen molar-refractivity contribution in [2.45, 2.75) is 184 Å². The molecule has 0 unspecified atom stereocenters. The quantitative estimate of drug-likeness (QED) is 0.0489. The number of nitrogens with zero attached hydrogens (tertiary/aromatic N) is 3. The molecule has 1 saturated carbocycles. The molecule has 9 rings (SSSR count). The summed E-state index contributed by atoms with van der Waals surface area (Å²) in [5.41, 5.74) is 23.2. The Labute approximate surface area is 532 Å². The summed E-state index contributed by atoms with van der Waals surface area (Å²) in [6.45, 7) is 14.3. The molecule has 31 nitrogen and oxygen atoms in total. The number of nitrogens with one attached hydrogen (secondary N) is 1. The van der Waals surface area contributed by atoms with Crippen LogP contribution in [-0.4, -0.2) is 270 Å². The van der Waals surface area contributed by atoms with Gasteiger partial charge in [-0.1, -0.05) is 45.9 Å². The molecule has 1 aliphatic carbocycles. The van der Waals surface area contributed by atoms with Crippen molar-refractivity contribution in [1.82, 2.24) is 9.91 Å². The van der Waals surface area contributed by atoms with Gasteiger partial charge in [0.05, 0.1) is 65.6 Å². The van der Waals surface area contributed by atoms with E-state index in [-0.39, 0.29) is 57.4 Å². The summed E-state index contributed by atoms with van der Waals surface area (Å²) in [4.78, 5) is 42.6. The van der Waals surface area contributed by atoms with Crippen molar-refractivity contribution in [3.63, 3.8) is 0 Å². The number of likely N-dealkylation sites (N-methyl/N-ethyl adjacent to an activating group) is 1. The number of aliphatic hydroxyl groups excluding tert-OH is 9. The first-order chi connectivity index (χ1) is 43.2. The van der Waals surface area contributed by atoms with Crippen LogP contribution in [-0.2, 0) is 42.7 Å². The first-order valence-electron chi connectivity index (χ1n) is 30.6. The Morgan fingerprint density at radius 2 is 1.37 bits per heavy atom. The van der Waals surface area contributed by atoms with Crippen LogP contribution < -0.4 is 33.0 Å². The zero-order chi connectivity index (χ0) is 68.3. The number of hydrogen-bond donors (Lipinski definition) is 17. The summed E-state index contributed by atoms with van der Waals surface area (Å²) in [5, 5.41) is 138. The van der Waals surface area contributed by atoms with Gasteiger partial charge in [0.2, 0.25) is 0 Å². The molecule has 6 heterocycles. The number of hydrazone groups is 1. The lowest BCUT2D eigenvalue weighted by Gasteiger charge is -2.48. The number of carbonyl (C=O) groups excluding carboxylic acids is 3. The Morgan fingerprint density at radius 3 is 1.96 bits per heavy atom. The second-order valence-electron chi connectivity index (χ2n) is 24.9. The lowest BCUT2D eigenvalue weighted by Crippen LogP contribution is -2.68. The Bertz CT molecular complexity index is 2990. The molecule has 7 aliphatic rings. The second-order valence-corrected chi connectivity index (χ2v) is 24.9. The molecule has 6 aliphatic heterocycles. The van der Waals surface area contributed by atoms with Gasteiger partial charge in [-0.25, -0.2) is 0 Å². The molecule has 5 bridgehead atoms. The topological polar surface area (TPSA) is 503 Å². The molecule has 4 fully saturated rings. The summed E-state index contributed by atoms with van der Waals surface area (Å²) in [7, 11) is 3.42. The van der Waals surface area contributed by atoms with Crippen molar-refractivity contribution in [3.05, 3.63) is 52.8 Å². The van der Waals surface area contributed by atoms with E-state index in [9.17, 15) is 75.7 Å². The number of aromatic hydroxyl groups is 3. The van der Waals surface area contributed by atoms with Gasteiger partial charge in [0.1, 0.15) is 84.4 Å². The van der Waals surface area contributed by atoms with E-state index in [0.29, 0.717) is 13.1 Å². The van der Waals surface area contributed by atoms with Gasteiger partial charge in [-0.3, -0.25) is 19.4 Å². The third-order valence-electron chi connectivity index (χ3n) is 18.3. The molecule has 2 aromatic rings. The van der Waals surface area contributed by atoms with Crippen LogP contribution in [0, 0.1) is 30.6 Å². The molecule has 0 radical (unpaired) electrons. The Kier molecular flexibility index (Phi) is 24.6. The predicted octanol–water partition coefficient (Wildman–Crippen LogP) is -2.96. The molecule has 0 aromatic heterocycles. The average Bonchev–Trinajstić information content (AvgIpc) is 1.42. The molecule has 3 saturated heterocycles. The van der Waals surface area contributed by atoms with E-state index in [1.165, 1.54) is 59.4 Å². The van der Waals surface area contributed by atoms with Crippen LogP contribution >= 0.6 is 0 Å². The molecule has 0 spiro atoms. The number of anilines is 1. The van der Waals surface area contributed by atoms with Gasteiger partial charge in [-0.15, -0.1) is 0 Å². The van der Waals surface area contributed by atoms with E-state index < -0.39 is 187 Å². The highest BCUT2D eigenvalue weighted by Gasteiger charge is 2.53. The summed E-state index contributed by atoms with van der Waals surface area (Å²) >= 11 is 0. The van der Waals surface area contributed by atoms with E-state index in [2.05, 4.69) is 15.3 Å². The molecule has 92 heavy (non-hydrogen) atoms. The van der Waals surface area contributed by atoms with E-state index >= 15 is 0 Å². The highest BCUT2D eigenvalue weighted by Crippen LogP contribution is 2.55. The third kappa shape index (κ3) is 15.3. The minimum atomic E-state index is -2.04. The molecule has 31 heteroatoms. The lowest BCUT2D eigenvalue weighted by atomic mass is 9.78. The number of hydrogen-bond acceptors (Lipinski definition) is 30. The van der Waals surface area contributed by atoms with Gasteiger partial charge >= 0.3 is 11.8 Å². The number of phenols is 3. The van der Waals surface area contributed by atoms with E-state index in [1.807, 2.05) is 7.05 Å². The molecule has 516 valence electrons. The van der Waals surface area contributed by atoms with Gasteiger partial charge in [0, 0.05) is 106 Å². The summed E-state index contributed by atoms with van der Waals surface area (Å²) in [6, 6.07) is -2.86. The number of benzene rings is 2. The smallest absolute Gasteiger partial charge is 0.312 e. The SMILES string of the molecule is CO[C@H]1/C=C/O[C@@]2(C)Oc3c(C)c(O)c4c(O)c(c(/C=N\N5CCN(C)CC5)c(O)c4c3C2=O)NC(=O)/C(C)=C\C=C\[C@H](C)[C@H](O)[C@@H](C)[C@@H](O)[C@@H](C)[C@H](OC(C)=O)[C@@H]1C.NC[C@H]1O[C@H](O[C@H]2[C@H](O)[C@@H](O[C@H]3O[C@H](CO)[C@@H](O)[C@H](N)[C@H]3O)[C@H](N)C[C@@H]2N)[C@H](O)[C@@H](O)[C@@H]1O. The molecular formula is C61H94N8O23. The molecule has 2 aromatic carbocycles. The highest BCUT2D eigenvalue weighted by atomic mass is 16.7. The van der Waals surface area contributed by atoms with Gasteiger partial charge in [-0.05, 0) is 33.4 Å². The number of amides is 1. The zero-order valence-corrected chi connectivity index (χ0v) is 53.2. The number of carbonyl (C=O) groups is 3. The molecular weight excluding hydrogens is 1210 g/mol. The monoisotopic (exact) mass is 1310 g/mol. The summed E-state index contributed by atoms with van der Waals surface area (Å²) < 4.78 is 45.8. The third-order valence-corrected chi connectivity index (χ3v) is 18.3. The maximum atomic E-state index is 14.4. The largest absolute Gasteiger partial charge is 0.507 e. The number of Topliss-reactive ketones (excluding diaryl/α,β-unsaturated/α-hetero) is 1. The molecule has 1 amide bonds. The first kappa shape index (κ1) is 73.6. The normalized spacial score (nSPS) is 39.8. The van der Waals surface area contributed by atoms with Crippen LogP contribution in [0.5, 0.6) is 23.0 Å². The summed E-state index contributed by atoms with van der Waals surface area (Å²) in [5.74, 6) is -8.34. The number of piperazine rings is 1.